The predicted molar refractivity (Wildman–Crippen MR) is 53.4 cm³/mol. The Balaban J connectivity index is 1.97. The van der Waals surface area contributed by atoms with E-state index in [2.05, 4.69) is 0 Å². The van der Waals surface area contributed by atoms with Gasteiger partial charge in [0.2, 0.25) is 0 Å². The van der Waals surface area contributed by atoms with Crippen LogP contribution in [0.4, 0.5) is 0 Å². The van der Waals surface area contributed by atoms with Gasteiger partial charge in [0.15, 0.2) is 5.78 Å². The third-order valence-electron chi connectivity index (χ3n) is 3.42. The largest absolute Gasteiger partial charge is 0.295 e. The fourth-order valence-electron chi connectivity index (χ4n) is 2.80. The van der Waals surface area contributed by atoms with Gasteiger partial charge in [0.25, 0.3) is 0 Å². The zero-order valence-electron chi connectivity index (χ0n) is 8.55. The molecule has 0 aromatic heterocycles. The van der Waals surface area contributed by atoms with E-state index >= 15 is 0 Å². The summed E-state index contributed by atoms with van der Waals surface area (Å²) < 4.78 is 0. The fraction of sp³-hybridized carbons (Fsp3) is 0.750. The summed E-state index contributed by atoms with van der Waals surface area (Å²) in [6, 6.07) is 0. The highest BCUT2D eigenvalue weighted by Crippen LogP contribution is 2.55. The van der Waals surface area contributed by atoms with E-state index in [1.165, 1.54) is 25.7 Å². The summed E-state index contributed by atoms with van der Waals surface area (Å²) in [5.74, 6) is 2.34. The number of carbonyl (C=O) groups is 1. The van der Waals surface area contributed by atoms with E-state index in [-0.39, 0.29) is 0 Å². The normalized spacial score (nSPS) is 36.3. The molecule has 0 amide bonds. The first-order valence-electron chi connectivity index (χ1n) is 5.39. The zero-order chi connectivity index (χ0) is 9.42. The van der Waals surface area contributed by atoms with E-state index in [0.717, 1.165) is 17.4 Å². The average molecular weight is 178 g/mol. The Bertz CT molecular complexity index is 236. The lowest BCUT2D eigenvalue weighted by atomic mass is 10.0. The van der Waals surface area contributed by atoms with E-state index in [1.807, 2.05) is 19.9 Å². The highest BCUT2D eigenvalue weighted by atomic mass is 16.1. The van der Waals surface area contributed by atoms with E-state index < -0.39 is 0 Å². The SMILES string of the molecule is CC(C)=CC(=O)C1C2CCCCC21. The molecule has 72 valence electrons. The molecule has 2 saturated carbocycles. The topological polar surface area (TPSA) is 17.1 Å². The first kappa shape index (κ1) is 8.98. The van der Waals surface area contributed by atoms with Crippen molar-refractivity contribution >= 4 is 5.78 Å². The molecule has 2 unspecified atom stereocenters. The summed E-state index contributed by atoms with van der Waals surface area (Å²) in [7, 11) is 0. The Labute approximate surface area is 80.2 Å². The second-order valence-electron chi connectivity index (χ2n) is 4.76. The first-order valence-corrected chi connectivity index (χ1v) is 5.39. The molecule has 2 fully saturated rings. The van der Waals surface area contributed by atoms with Crippen molar-refractivity contribution in [3.05, 3.63) is 11.6 Å². The van der Waals surface area contributed by atoms with Crippen molar-refractivity contribution in [2.45, 2.75) is 39.5 Å². The lowest BCUT2D eigenvalue weighted by Gasteiger charge is -2.04. The van der Waals surface area contributed by atoms with Gasteiger partial charge in [-0.15, -0.1) is 0 Å². The minimum absolute atomic E-state index is 0.400. The van der Waals surface area contributed by atoms with Crippen molar-refractivity contribution in [1.29, 1.82) is 0 Å². The Morgan fingerprint density at radius 3 is 2.15 bits per heavy atom. The maximum atomic E-state index is 11.7. The van der Waals surface area contributed by atoms with Crippen LogP contribution in [-0.2, 0) is 4.79 Å². The van der Waals surface area contributed by atoms with Gasteiger partial charge < -0.3 is 0 Å². The van der Waals surface area contributed by atoms with Gasteiger partial charge in [0.05, 0.1) is 0 Å². The van der Waals surface area contributed by atoms with Crippen LogP contribution >= 0.6 is 0 Å². The van der Waals surface area contributed by atoms with Gasteiger partial charge >= 0.3 is 0 Å². The number of rotatable bonds is 2. The third-order valence-corrected chi connectivity index (χ3v) is 3.42. The molecular weight excluding hydrogens is 160 g/mol. The van der Waals surface area contributed by atoms with Gasteiger partial charge in [-0.25, -0.2) is 0 Å². The molecule has 2 rings (SSSR count). The fourth-order valence-corrected chi connectivity index (χ4v) is 2.80. The van der Waals surface area contributed by atoms with Crippen LogP contribution in [0.3, 0.4) is 0 Å². The molecule has 0 saturated heterocycles. The maximum Gasteiger partial charge on any atom is 0.159 e. The summed E-state index contributed by atoms with van der Waals surface area (Å²) in [6.45, 7) is 4.01. The Kier molecular flexibility index (Phi) is 2.27. The average Bonchev–Trinajstić information content (AvgIpc) is 2.76. The van der Waals surface area contributed by atoms with Crippen LogP contribution < -0.4 is 0 Å². The van der Waals surface area contributed by atoms with Gasteiger partial charge in [-0.2, -0.15) is 0 Å². The quantitative estimate of drug-likeness (QED) is 0.594. The molecule has 13 heavy (non-hydrogen) atoms. The zero-order valence-corrected chi connectivity index (χ0v) is 8.55. The van der Waals surface area contributed by atoms with E-state index in [4.69, 9.17) is 0 Å². The molecule has 1 nitrogen and oxygen atoms in total. The molecule has 2 aliphatic carbocycles. The van der Waals surface area contributed by atoms with E-state index in [1.54, 1.807) is 0 Å². The summed E-state index contributed by atoms with van der Waals surface area (Å²) in [4.78, 5) is 11.7. The lowest BCUT2D eigenvalue weighted by Crippen LogP contribution is -1.99. The van der Waals surface area contributed by atoms with Crippen LogP contribution in [0.15, 0.2) is 11.6 Å². The van der Waals surface area contributed by atoms with Gasteiger partial charge in [-0.05, 0) is 44.6 Å². The Morgan fingerprint density at radius 2 is 1.69 bits per heavy atom. The summed E-state index contributed by atoms with van der Waals surface area (Å²) >= 11 is 0. The number of hydrogen-bond donors (Lipinski definition) is 0. The van der Waals surface area contributed by atoms with Crippen LogP contribution in [0, 0.1) is 17.8 Å². The highest BCUT2D eigenvalue weighted by molar-refractivity contribution is 5.94. The van der Waals surface area contributed by atoms with E-state index in [9.17, 15) is 4.79 Å². The molecule has 0 radical (unpaired) electrons. The molecule has 0 spiro atoms. The minimum atomic E-state index is 0.400. The number of carbonyl (C=O) groups excluding carboxylic acids is 1. The molecule has 0 heterocycles. The first-order chi connectivity index (χ1) is 6.20. The summed E-state index contributed by atoms with van der Waals surface area (Å²) in [5, 5.41) is 0. The van der Waals surface area contributed by atoms with Gasteiger partial charge in [0.1, 0.15) is 0 Å². The van der Waals surface area contributed by atoms with Crippen molar-refractivity contribution in [1.82, 2.24) is 0 Å². The van der Waals surface area contributed by atoms with Crippen LogP contribution in [0.2, 0.25) is 0 Å². The summed E-state index contributed by atoms with van der Waals surface area (Å²) in [5.41, 5.74) is 1.15. The molecule has 0 bridgehead atoms. The number of fused-ring (bicyclic) bond motifs is 1. The van der Waals surface area contributed by atoms with E-state index in [0.29, 0.717) is 11.7 Å². The van der Waals surface area contributed by atoms with Crippen LogP contribution in [0.25, 0.3) is 0 Å². The lowest BCUT2D eigenvalue weighted by molar-refractivity contribution is -0.116. The Hall–Kier alpha value is -0.590. The highest BCUT2D eigenvalue weighted by Gasteiger charge is 2.53. The van der Waals surface area contributed by atoms with Gasteiger partial charge in [-0.1, -0.05) is 18.4 Å². The second kappa shape index (κ2) is 3.28. The van der Waals surface area contributed by atoms with Crippen LogP contribution in [-0.4, -0.2) is 5.78 Å². The van der Waals surface area contributed by atoms with Crippen molar-refractivity contribution in [2.24, 2.45) is 17.8 Å². The molecule has 2 aliphatic rings. The molecular formula is C12H18O. The van der Waals surface area contributed by atoms with Crippen molar-refractivity contribution < 1.29 is 4.79 Å². The minimum Gasteiger partial charge on any atom is -0.295 e. The van der Waals surface area contributed by atoms with Crippen molar-refractivity contribution in [3.63, 3.8) is 0 Å². The molecule has 0 N–H and O–H groups in total. The maximum absolute atomic E-state index is 11.7. The van der Waals surface area contributed by atoms with Crippen molar-refractivity contribution in [3.8, 4) is 0 Å². The third kappa shape index (κ3) is 1.70. The molecule has 0 aliphatic heterocycles. The van der Waals surface area contributed by atoms with Crippen molar-refractivity contribution in [2.75, 3.05) is 0 Å². The smallest absolute Gasteiger partial charge is 0.159 e. The number of hydrogen-bond acceptors (Lipinski definition) is 1. The monoisotopic (exact) mass is 178 g/mol. The molecule has 1 heteroatoms. The standard InChI is InChI=1S/C12H18O/c1-8(2)7-11(13)12-9-5-3-4-6-10(9)12/h7,9-10,12H,3-6H2,1-2H3. The number of ketones is 1. The van der Waals surface area contributed by atoms with Gasteiger partial charge in [0, 0.05) is 5.92 Å². The Morgan fingerprint density at radius 1 is 1.15 bits per heavy atom. The van der Waals surface area contributed by atoms with Crippen LogP contribution in [0.5, 0.6) is 0 Å². The second-order valence-corrected chi connectivity index (χ2v) is 4.76. The summed E-state index contributed by atoms with van der Waals surface area (Å²) in [6.07, 6.45) is 7.14. The molecule has 0 aromatic carbocycles. The molecule has 2 atom stereocenters. The molecule has 0 aromatic rings. The van der Waals surface area contributed by atoms with Crippen LogP contribution in [0.1, 0.15) is 39.5 Å². The van der Waals surface area contributed by atoms with Gasteiger partial charge in [-0.3, -0.25) is 4.79 Å². The number of allylic oxidation sites excluding steroid dienone is 2. The predicted octanol–water partition coefficient (Wildman–Crippen LogP) is 2.96.